The highest BCUT2D eigenvalue weighted by atomic mass is 35.5. The minimum absolute atomic E-state index is 0.698. The molecule has 2 atom stereocenters. The normalized spacial score (nSPS) is 25.0. The Labute approximate surface area is 90.0 Å². The van der Waals surface area contributed by atoms with Gasteiger partial charge in [-0.15, -0.1) is 11.6 Å². The van der Waals surface area contributed by atoms with E-state index in [-0.39, 0.29) is 0 Å². The third-order valence-corrected chi connectivity index (χ3v) is 3.24. The van der Waals surface area contributed by atoms with Crippen LogP contribution in [-0.4, -0.2) is 13.0 Å². The van der Waals surface area contributed by atoms with Crippen molar-refractivity contribution in [2.24, 2.45) is 5.92 Å². The van der Waals surface area contributed by atoms with Crippen molar-refractivity contribution in [3.8, 4) is 0 Å². The fourth-order valence-electron chi connectivity index (χ4n) is 1.85. The van der Waals surface area contributed by atoms with Gasteiger partial charge in [0.2, 0.25) is 0 Å². The van der Waals surface area contributed by atoms with Gasteiger partial charge in [-0.25, -0.2) is 0 Å². The number of ether oxygens (including phenoxy) is 1. The van der Waals surface area contributed by atoms with Crippen molar-refractivity contribution in [2.75, 3.05) is 13.0 Å². The Morgan fingerprint density at radius 1 is 1.36 bits per heavy atom. The summed E-state index contributed by atoms with van der Waals surface area (Å²) in [6.45, 7) is 0.698. The average molecular weight is 211 g/mol. The van der Waals surface area contributed by atoms with Crippen molar-refractivity contribution >= 4 is 11.6 Å². The molecular weight excluding hydrogens is 196 g/mol. The van der Waals surface area contributed by atoms with Gasteiger partial charge in [0.25, 0.3) is 0 Å². The van der Waals surface area contributed by atoms with Crippen LogP contribution in [0.4, 0.5) is 0 Å². The Bertz CT molecular complexity index is 294. The standard InChI is InChI=1S/C12H15ClO/c1-14-8-9-2-4-10(5-3-9)12-6-11(12)7-13/h2-5,11-12H,6-8H2,1H3. The largest absolute Gasteiger partial charge is 0.380 e. The summed E-state index contributed by atoms with van der Waals surface area (Å²) < 4.78 is 5.07. The summed E-state index contributed by atoms with van der Waals surface area (Å²) in [6, 6.07) is 8.68. The lowest BCUT2D eigenvalue weighted by atomic mass is 10.1. The van der Waals surface area contributed by atoms with Gasteiger partial charge in [-0.3, -0.25) is 0 Å². The van der Waals surface area contributed by atoms with Crippen LogP contribution in [0.1, 0.15) is 23.5 Å². The van der Waals surface area contributed by atoms with E-state index >= 15 is 0 Å². The summed E-state index contributed by atoms with van der Waals surface area (Å²) in [7, 11) is 1.72. The summed E-state index contributed by atoms with van der Waals surface area (Å²) in [6.07, 6.45) is 1.26. The van der Waals surface area contributed by atoms with Crippen molar-refractivity contribution < 1.29 is 4.74 Å². The van der Waals surface area contributed by atoms with Gasteiger partial charge in [0.15, 0.2) is 0 Å². The zero-order valence-corrected chi connectivity index (χ0v) is 9.13. The first kappa shape index (κ1) is 10.0. The first-order valence-corrected chi connectivity index (χ1v) is 5.52. The number of hydrogen-bond acceptors (Lipinski definition) is 1. The maximum Gasteiger partial charge on any atom is 0.0713 e. The van der Waals surface area contributed by atoms with Crippen LogP contribution in [-0.2, 0) is 11.3 Å². The van der Waals surface area contributed by atoms with Crippen LogP contribution < -0.4 is 0 Å². The van der Waals surface area contributed by atoms with Gasteiger partial charge in [-0.05, 0) is 29.4 Å². The van der Waals surface area contributed by atoms with E-state index in [1.165, 1.54) is 17.5 Å². The molecule has 0 saturated heterocycles. The molecule has 1 aromatic carbocycles. The van der Waals surface area contributed by atoms with E-state index in [1.54, 1.807) is 7.11 Å². The fourth-order valence-corrected chi connectivity index (χ4v) is 2.20. The SMILES string of the molecule is COCc1ccc(C2CC2CCl)cc1. The lowest BCUT2D eigenvalue weighted by Gasteiger charge is -2.02. The van der Waals surface area contributed by atoms with E-state index < -0.39 is 0 Å². The minimum atomic E-state index is 0.698. The molecular formula is C12H15ClO. The molecule has 0 bridgehead atoms. The molecule has 0 heterocycles. The molecule has 0 spiro atoms. The van der Waals surface area contributed by atoms with Crippen LogP contribution in [0.3, 0.4) is 0 Å². The second-order valence-electron chi connectivity index (χ2n) is 3.93. The van der Waals surface area contributed by atoms with Crippen LogP contribution >= 0.6 is 11.6 Å². The lowest BCUT2D eigenvalue weighted by molar-refractivity contribution is 0.185. The van der Waals surface area contributed by atoms with Gasteiger partial charge in [0.05, 0.1) is 6.61 Å². The van der Waals surface area contributed by atoms with E-state index in [0.29, 0.717) is 18.4 Å². The highest BCUT2D eigenvalue weighted by Crippen LogP contribution is 2.47. The van der Waals surface area contributed by atoms with E-state index in [1.807, 2.05) is 0 Å². The highest BCUT2D eigenvalue weighted by molar-refractivity contribution is 6.18. The van der Waals surface area contributed by atoms with E-state index in [4.69, 9.17) is 16.3 Å². The molecule has 1 aliphatic carbocycles. The maximum atomic E-state index is 5.80. The Balaban J connectivity index is 2.00. The van der Waals surface area contributed by atoms with Gasteiger partial charge in [0.1, 0.15) is 0 Å². The van der Waals surface area contributed by atoms with Crippen molar-refractivity contribution in [3.63, 3.8) is 0 Å². The summed E-state index contributed by atoms with van der Waals surface area (Å²) in [4.78, 5) is 0. The number of rotatable bonds is 4. The lowest BCUT2D eigenvalue weighted by Crippen LogP contribution is -1.89. The molecule has 2 heteroatoms. The van der Waals surface area contributed by atoms with Crippen LogP contribution in [0.15, 0.2) is 24.3 Å². The van der Waals surface area contributed by atoms with E-state index in [2.05, 4.69) is 24.3 Å². The number of benzene rings is 1. The molecule has 0 aliphatic heterocycles. The molecule has 0 radical (unpaired) electrons. The Hall–Kier alpha value is -0.530. The molecule has 0 amide bonds. The van der Waals surface area contributed by atoms with Crippen LogP contribution in [0, 0.1) is 5.92 Å². The number of halogens is 1. The predicted molar refractivity (Wildman–Crippen MR) is 58.7 cm³/mol. The third-order valence-electron chi connectivity index (χ3n) is 2.84. The van der Waals surface area contributed by atoms with Gasteiger partial charge in [-0.1, -0.05) is 24.3 Å². The Morgan fingerprint density at radius 2 is 2.07 bits per heavy atom. The topological polar surface area (TPSA) is 9.23 Å². The quantitative estimate of drug-likeness (QED) is 0.694. The predicted octanol–water partition coefficient (Wildman–Crippen LogP) is 3.18. The Kier molecular flexibility index (Phi) is 3.09. The molecule has 2 rings (SSSR count). The Morgan fingerprint density at radius 3 is 2.57 bits per heavy atom. The summed E-state index contributed by atoms with van der Waals surface area (Å²) in [5.41, 5.74) is 2.66. The van der Waals surface area contributed by atoms with Crippen molar-refractivity contribution in [1.82, 2.24) is 0 Å². The zero-order valence-electron chi connectivity index (χ0n) is 8.37. The van der Waals surface area contributed by atoms with Gasteiger partial charge >= 0.3 is 0 Å². The molecule has 76 valence electrons. The number of hydrogen-bond donors (Lipinski definition) is 0. The van der Waals surface area contributed by atoms with Gasteiger partial charge < -0.3 is 4.74 Å². The fraction of sp³-hybridized carbons (Fsp3) is 0.500. The van der Waals surface area contributed by atoms with E-state index in [9.17, 15) is 0 Å². The second-order valence-corrected chi connectivity index (χ2v) is 4.24. The van der Waals surface area contributed by atoms with E-state index in [0.717, 1.165) is 5.88 Å². The molecule has 0 aromatic heterocycles. The second kappa shape index (κ2) is 4.33. The third kappa shape index (κ3) is 2.10. The maximum absolute atomic E-state index is 5.80. The molecule has 1 nitrogen and oxygen atoms in total. The number of methoxy groups -OCH3 is 1. The van der Waals surface area contributed by atoms with Crippen molar-refractivity contribution in [1.29, 1.82) is 0 Å². The number of alkyl halides is 1. The van der Waals surface area contributed by atoms with Crippen LogP contribution in [0.5, 0.6) is 0 Å². The first-order chi connectivity index (χ1) is 6.85. The molecule has 0 N–H and O–H groups in total. The van der Waals surface area contributed by atoms with Gasteiger partial charge in [0, 0.05) is 13.0 Å². The first-order valence-electron chi connectivity index (χ1n) is 4.99. The van der Waals surface area contributed by atoms with Crippen LogP contribution in [0.2, 0.25) is 0 Å². The summed E-state index contributed by atoms with van der Waals surface area (Å²) >= 11 is 5.80. The zero-order chi connectivity index (χ0) is 9.97. The van der Waals surface area contributed by atoms with Crippen molar-refractivity contribution in [2.45, 2.75) is 18.9 Å². The molecule has 1 aromatic rings. The summed E-state index contributed by atoms with van der Waals surface area (Å²) in [5.74, 6) is 2.22. The molecule has 1 saturated carbocycles. The van der Waals surface area contributed by atoms with Crippen molar-refractivity contribution in [3.05, 3.63) is 35.4 Å². The monoisotopic (exact) mass is 210 g/mol. The highest BCUT2D eigenvalue weighted by Gasteiger charge is 2.37. The molecule has 1 aliphatic rings. The minimum Gasteiger partial charge on any atom is -0.380 e. The van der Waals surface area contributed by atoms with Gasteiger partial charge in [-0.2, -0.15) is 0 Å². The molecule has 14 heavy (non-hydrogen) atoms. The summed E-state index contributed by atoms with van der Waals surface area (Å²) in [5, 5.41) is 0. The smallest absolute Gasteiger partial charge is 0.0713 e. The van der Waals surface area contributed by atoms with Crippen LogP contribution in [0.25, 0.3) is 0 Å². The average Bonchev–Trinajstić information content (AvgIpc) is 2.99. The molecule has 1 fully saturated rings. The molecule has 2 unspecified atom stereocenters.